The third-order valence-corrected chi connectivity index (χ3v) is 13.8. The van der Waals surface area contributed by atoms with Crippen LogP contribution in [0.4, 0.5) is 0 Å². The molecule has 0 aliphatic carbocycles. The Labute approximate surface area is 408 Å². The van der Waals surface area contributed by atoms with Gasteiger partial charge in [0.05, 0.1) is 18.8 Å². The van der Waals surface area contributed by atoms with Crippen LogP contribution in [0, 0.1) is 0 Å². The predicted molar refractivity (Wildman–Crippen MR) is 290 cm³/mol. The molecule has 4 nitrogen and oxygen atoms in total. The van der Waals surface area contributed by atoms with E-state index in [0.29, 0.717) is 6.42 Å². The predicted octanol–water partition coefficient (Wildman–Crippen LogP) is 19.6. The summed E-state index contributed by atoms with van der Waals surface area (Å²) in [5, 5.41) is 23.2. The van der Waals surface area contributed by atoms with E-state index in [-0.39, 0.29) is 12.5 Å². The molecule has 0 spiro atoms. The van der Waals surface area contributed by atoms with Gasteiger partial charge in [-0.3, -0.25) is 4.79 Å². The van der Waals surface area contributed by atoms with Crippen molar-refractivity contribution in [3.05, 3.63) is 36.5 Å². The Morgan fingerprint density at radius 2 is 0.600 bits per heavy atom. The molecule has 0 aliphatic rings. The largest absolute Gasteiger partial charge is 0.394 e. The van der Waals surface area contributed by atoms with Gasteiger partial charge in [-0.05, 0) is 57.8 Å². The van der Waals surface area contributed by atoms with Crippen molar-refractivity contribution in [3.8, 4) is 0 Å². The summed E-state index contributed by atoms with van der Waals surface area (Å²) >= 11 is 0. The molecule has 0 saturated heterocycles. The van der Waals surface area contributed by atoms with Crippen LogP contribution in [-0.4, -0.2) is 34.9 Å². The molecule has 2 unspecified atom stereocenters. The van der Waals surface area contributed by atoms with Crippen LogP contribution in [0.15, 0.2) is 36.5 Å². The zero-order valence-electron chi connectivity index (χ0n) is 44.3. The average Bonchev–Trinajstić information content (AvgIpc) is 3.31. The van der Waals surface area contributed by atoms with E-state index < -0.39 is 12.1 Å². The lowest BCUT2D eigenvalue weighted by molar-refractivity contribution is -0.123. The first-order chi connectivity index (χ1) is 32.2. The Hall–Kier alpha value is -1.39. The lowest BCUT2D eigenvalue weighted by Gasteiger charge is -2.19. The van der Waals surface area contributed by atoms with Crippen LogP contribution in [-0.2, 0) is 4.79 Å². The molecule has 0 saturated carbocycles. The SMILES string of the molecule is CCCCCCCCCCCCCC/C=C\CCCCCCCCCCCCCCCCCC(=O)NC(CO)C(O)/C=C/CC/C=C/CCCCCCCCCCCCCCCCCC. The average molecular weight is 913 g/mol. The molecule has 4 heteroatoms. The molecular formula is C61H117NO3. The second-order valence-corrected chi connectivity index (χ2v) is 20.4. The molecule has 0 fully saturated rings. The Morgan fingerprint density at radius 1 is 0.354 bits per heavy atom. The second kappa shape index (κ2) is 56.9. The zero-order chi connectivity index (χ0) is 47.0. The van der Waals surface area contributed by atoms with Crippen LogP contribution in [0.3, 0.4) is 0 Å². The van der Waals surface area contributed by atoms with Crippen LogP contribution in [0.25, 0.3) is 0 Å². The summed E-state index contributed by atoms with van der Waals surface area (Å²) < 4.78 is 0. The van der Waals surface area contributed by atoms with E-state index in [4.69, 9.17) is 0 Å². The maximum absolute atomic E-state index is 12.5. The van der Waals surface area contributed by atoms with Crippen molar-refractivity contribution >= 4 is 5.91 Å². The minimum absolute atomic E-state index is 0.0684. The third kappa shape index (κ3) is 53.4. The standard InChI is InChI=1S/C61H117NO3/c1-3-5-7-9-11-13-15-17-19-21-23-25-27-28-29-30-31-32-33-34-35-37-39-41-43-45-47-49-51-53-55-57-61(65)62-59(58-63)60(64)56-54-52-50-48-46-44-42-40-38-36-26-24-22-20-18-16-14-12-10-8-6-4-2/h28-29,46,48,54,56,59-60,63-64H,3-27,30-45,47,49-53,55,57-58H2,1-2H3,(H,62,65)/b29-28-,48-46+,56-54+. The smallest absolute Gasteiger partial charge is 0.220 e. The van der Waals surface area contributed by atoms with Crippen molar-refractivity contribution in [2.75, 3.05) is 6.61 Å². The first-order valence-corrected chi connectivity index (χ1v) is 29.7. The first-order valence-electron chi connectivity index (χ1n) is 29.7. The van der Waals surface area contributed by atoms with Gasteiger partial charge in [-0.2, -0.15) is 0 Å². The van der Waals surface area contributed by atoms with Gasteiger partial charge in [-0.25, -0.2) is 0 Å². The number of carbonyl (C=O) groups is 1. The highest BCUT2D eigenvalue weighted by Crippen LogP contribution is 2.17. The van der Waals surface area contributed by atoms with Crippen LogP contribution < -0.4 is 5.32 Å². The van der Waals surface area contributed by atoms with E-state index in [0.717, 1.165) is 32.1 Å². The van der Waals surface area contributed by atoms with Crippen molar-refractivity contribution in [2.45, 2.75) is 341 Å². The van der Waals surface area contributed by atoms with Crippen molar-refractivity contribution in [1.82, 2.24) is 5.32 Å². The molecule has 2 atom stereocenters. The van der Waals surface area contributed by atoms with E-state index in [1.165, 1.54) is 276 Å². The van der Waals surface area contributed by atoms with Gasteiger partial charge in [0.2, 0.25) is 5.91 Å². The highest BCUT2D eigenvalue weighted by Gasteiger charge is 2.18. The van der Waals surface area contributed by atoms with Crippen molar-refractivity contribution in [2.24, 2.45) is 0 Å². The van der Waals surface area contributed by atoms with Crippen LogP contribution in [0.1, 0.15) is 328 Å². The van der Waals surface area contributed by atoms with Gasteiger partial charge >= 0.3 is 0 Å². The highest BCUT2D eigenvalue weighted by molar-refractivity contribution is 5.76. The van der Waals surface area contributed by atoms with Gasteiger partial charge in [0.1, 0.15) is 0 Å². The normalized spacial score (nSPS) is 13.0. The Morgan fingerprint density at radius 3 is 0.892 bits per heavy atom. The second-order valence-electron chi connectivity index (χ2n) is 20.4. The molecule has 1 amide bonds. The lowest BCUT2D eigenvalue weighted by Crippen LogP contribution is -2.45. The van der Waals surface area contributed by atoms with Crippen molar-refractivity contribution in [3.63, 3.8) is 0 Å². The summed E-state index contributed by atoms with van der Waals surface area (Å²) in [5.41, 5.74) is 0. The Bertz CT molecular complexity index is 989. The fourth-order valence-electron chi connectivity index (χ4n) is 9.31. The molecule has 65 heavy (non-hydrogen) atoms. The third-order valence-electron chi connectivity index (χ3n) is 13.8. The minimum Gasteiger partial charge on any atom is -0.394 e. The summed E-state index contributed by atoms with van der Waals surface area (Å²) in [6.07, 6.45) is 77.6. The maximum Gasteiger partial charge on any atom is 0.220 e. The fraction of sp³-hybridized carbons (Fsp3) is 0.885. The zero-order valence-corrected chi connectivity index (χ0v) is 44.3. The molecule has 0 aromatic carbocycles. The van der Waals surface area contributed by atoms with Gasteiger partial charge in [0.25, 0.3) is 0 Å². The number of nitrogens with one attached hydrogen (secondary N) is 1. The summed E-state index contributed by atoms with van der Waals surface area (Å²) in [4.78, 5) is 12.5. The lowest BCUT2D eigenvalue weighted by atomic mass is 10.0. The first kappa shape index (κ1) is 63.6. The van der Waals surface area contributed by atoms with Gasteiger partial charge < -0.3 is 15.5 Å². The van der Waals surface area contributed by atoms with Crippen LogP contribution in [0.2, 0.25) is 0 Å². The van der Waals surface area contributed by atoms with E-state index in [2.05, 4.69) is 43.5 Å². The molecule has 0 rings (SSSR count). The number of hydrogen-bond acceptors (Lipinski definition) is 3. The van der Waals surface area contributed by atoms with E-state index in [1.807, 2.05) is 6.08 Å². The van der Waals surface area contributed by atoms with Gasteiger partial charge in [-0.1, -0.05) is 301 Å². The summed E-state index contributed by atoms with van der Waals surface area (Å²) in [5.74, 6) is -0.0684. The van der Waals surface area contributed by atoms with Crippen LogP contribution >= 0.6 is 0 Å². The minimum atomic E-state index is -0.862. The summed E-state index contributed by atoms with van der Waals surface area (Å²) in [6.45, 7) is 4.33. The van der Waals surface area contributed by atoms with Gasteiger partial charge in [-0.15, -0.1) is 0 Å². The molecule has 0 aromatic heterocycles. The summed E-state index contributed by atoms with van der Waals surface area (Å²) in [7, 11) is 0. The van der Waals surface area contributed by atoms with Gasteiger partial charge in [0, 0.05) is 6.42 Å². The Kier molecular flexibility index (Phi) is 55.7. The maximum atomic E-state index is 12.5. The molecule has 3 N–H and O–H groups in total. The number of hydrogen-bond donors (Lipinski definition) is 3. The van der Waals surface area contributed by atoms with E-state index >= 15 is 0 Å². The highest BCUT2D eigenvalue weighted by atomic mass is 16.3. The monoisotopic (exact) mass is 912 g/mol. The van der Waals surface area contributed by atoms with E-state index in [9.17, 15) is 15.0 Å². The number of amides is 1. The number of unbranched alkanes of at least 4 members (excludes halogenated alkanes) is 44. The molecule has 0 bridgehead atoms. The molecule has 0 aromatic rings. The van der Waals surface area contributed by atoms with Gasteiger partial charge in [0.15, 0.2) is 0 Å². The van der Waals surface area contributed by atoms with Crippen LogP contribution in [0.5, 0.6) is 0 Å². The van der Waals surface area contributed by atoms with Crippen molar-refractivity contribution < 1.29 is 15.0 Å². The van der Waals surface area contributed by atoms with Crippen molar-refractivity contribution in [1.29, 1.82) is 0 Å². The fourth-order valence-corrected chi connectivity index (χ4v) is 9.31. The summed E-state index contributed by atoms with van der Waals surface area (Å²) in [6, 6.07) is -0.639. The number of allylic oxidation sites excluding steroid dienone is 5. The molecule has 0 heterocycles. The molecular weight excluding hydrogens is 795 g/mol. The molecule has 0 radical (unpaired) electrons. The topological polar surface area (TPSA) is 69.6 Å². The number of carbonyl (C=O) groups excluding carboxylic acids is 1. The number of rotatable bonds is 55. The molecule has 384 valence electrons. The Balaban J connectivity index is 3.48. The number of aliphatic hydroxyl groups excluding tert-OH is 2. The quantitative estimate of drug-likeness (QED) is 0.0421. The molecule has 0 aliphatic heterocycles. The number of aliphatic hydroxyl groups is 2. The van der Waals surface area contributed by atoms with E-state index in [1.54, 1.807) is 6.08 Å².